The minimum atomic E-state index is -3.26. The van der Waals surface area contributed by atoms with Crippen LogP contribution < -0.4 is 4.72 Å². The Balaban J connectivity index is 1.63. The maximum Gasteiger partial charge on any atom is 0.215 e. The summed E-state index contributed by atoms with van der Waals surface area (Å²) in [5.41, 5.74) is 0.874. The van der Waals surface area contributed by atoms with Gasteiger partial charge < -0.3 is 0 Å². The van der Waals surface area contributed by atoms with E-state index in [0.717, 1.165) is 18.4 Å². The Labute approximate surface area is 123 Å². The van der Waals surface area contributed by atoms with Gasteiger partial charge in [-0.05, 0) is 29.9 Å². The van der Waals surface area contributed by atoms with Crippen LogP contribution >= 0.6 is 11.3 Å². The van der Waals surface area contributed by atoms with Crippen LogP contribution in [0, 0.1) is 0 Å². The summed E-state index contributed by atoms with van der Waals surface area (Å²) in [5.74, 6) is 0.0500. The normalized spacial score (nSPS) is 17.0. The van der Waals surface area contributed by atoms with Gasteiger partial charge >= 0.3 is 0 Å². The standard InChI is InChI=1S/C15H17NO2S2/c17-20(18,11-13-5-2-1-3-6-13)16-12-15(8-9-15)14-7-4-10-19-14/h1-7,10,16H,8-9,11-12H2. The van der Waals surface area contributed by atoms with Crippen LogP contribution in [-0.2, 0) is 21.2 Å². The van der Waals surface area contributed by atoms with Crippen molar-refractivity contribution in [1.29, 1.82) is 0 Å². The van der Waals surface area contributed by atoms with Crippen LogP contribution in [0.3, 0.4) is 0 Å². The van der Waals surface area contributed by atoms with Gasteiger partial charge in [-0.25, -0.2) is 13.1 Å². The number of rotatable bonds is 6. The van der Waals surface area contributed by atoms with E-state index in [2.05, 4.69) is 10.8 Å². The highest BCUT2D eigenvalue weighted by Gasteiger charge is 2.45. The second-order valence-corrected chi connectivity index (χ2v) is 8.08. The molecule has 3 nitrogen and oxygen atoms in total. The first-order chi connectivity index (χ1) is 9.60. The molecule has 20 heavy (non-hydrogen) atoms. The summed E-state index contributed by atoms with van der Waals surface area (Å²) in [6.45, 7) is 0.517. The summed E-state index contributed by atoms with van der Waals surface area (Å²) in [7, 11) is -3.26. The molecule has 1 aliphatic rings. The van der Waals surface area contributed by atoms with E-state index in [1.54, 1.807) is 11.3 Å². The highest BCUT2D eigenvalue weighted by atomic mass is 32.2. The molecule has 0 unspecified atom stereocenters. The fourth-order valence-electron chi connectivity index (χ4n) is 2.33. The van der Waals surface area contributed by atoms with E-state index in [9.17, 15) is 8.42 Å². The smallest absolute Gasteiger partial charge is 0.214 e. The molecule has 106 valence electrons. The van der Waals surface area contributed by atoms with E-state index in [-0.39, 0.29) is 11.2 Å². The molecule has 0 atom stereocenters. The molecule has 3 rings (SSSR count). The number of nitrogens with one attached hydrogen (secondary N) is 1. The van der Waals surface area contributed by atoms with Crippen molar-refractivity contribution in [2.75, 3.05) is 6.54 Å². The Hall–Kier alpha value is -1.17. The molecule has 5 heteroatoms. The lowest BCUT2D eigenvalue weighted by Crippen LogP contribution is -2.32. The highest BCUT2D eigenvalue weighted by molar-refractivity contribution is 7.88. The Morgan fingerprint density at radius 3 is 2.45 bits per heavy atom. The molecule has 0 spiro atoms. The van der Waals surface area contributed by atoms with Gasteiger partial charge in [-0.3, -0.25) is 0 Å². The number of hydrogen-bond acceptors (Lipinski definition) is 3. The maximum absolute atomic E-state index is 12.1. The summed E-state index contributed by atoms with van der Waals surface area (Å²) >= 11 is 1.71. The first kappa shape index (κ1) is 13.8. The zero-order valence-corrected chi connectivity index (χ0v) is 12.7. The zero-order chi connectivity index (χ0) is 14.1. The topological polar surface area (TPSA) is 46.2 Å². The average Bonchev–Trinajstić information content (AvgIpc) is 3.02. The lowest BCUT2D eigenvalue weighted by atomic mass is 10.1. The van der Waals surface area contributed by atoms with Crippen LogP contribution in [0.2, 0.25) is 0 Å². The monoisotopic (exact) mass is 307 g/mol. The van der Waals surface area contributed by atoms with Crippen LogP contribution in [0.1, 0.15) is 23.3 Å². The Bertz CT molecular complexity index is 659. The van der Waals surface area contributed by atoms with Gasteiger partial charge in [0, 0.05) is 16.8 Å². The summed E-state index contributed by atoms with van der Waals surface area (Å²) in [6.07, 6.45) is 2.14. The van der Waals surface area contributed by atoms with Crippen molar-refractivity contribution >= 4 is 21.4 Å². The van der Waals surface area contributed by atoms with Gasteiger partial charge in [-0.2, -0.15) is 0 Å². The van der Waals surface area contributed by atoms with Crippen LogP contribution in [0.5, 0.6) is 0 Å². The molecule has 0 aliphatic heterocycles. The van der Waals surface area contributed by atoms with Crippen molar-refractivity contribution in [3.05, 3.63) is 58.3 Å². The van der Waals surface area contributed by atoms with E-state index in [0.29, 0.717) is 6.54 Å². The van der Waals surface area contributed by atoms with Crippen LogP contribution in [0.25, 0.3) is 0 Å². The van der Waals surface area contributed by atoms with Gasteiger partial charge in [0.25, 0.3) is 0 Å². The van der Waals surface area contributed by atoms with E-state index in [1.807, 2.05) is 41.8 Å². The van der Waals surface area contributed by atoms with Crippen molar-refractivity contribution in [3.8, 4) is 0 Å². The predicted octanol–water partition coefficient (Wildman–Crippen LogP) is 2.90. The second-order valence-electron chi connectivity index (χ2n) is 5.32. The van der Waals surface area contributed by atoms with E-state index < -0.39 is 10.0 Å². The molecule has 0 amide bonds. The lowest BCUT2D eigenvalue weighted by molar-refractivity contribution is 0.568. The van der Waals surface area contributed by atoms with Crippen LogP contribution in [0.4, 0.5) is 0 Å². The third kappa shape index (κ3) is 3.11. The van der Waals surface area contributed by atoms with Crippen LogP contribution in [-0.4, -0.2) is 15.0 Å². The number of sulfonamides is 1. The molecule has 0 radical (unpaired) electrons. The van der Waals surface area contributed by atoms with E-state index in [4.69, 9.17) is 0 Å². The molecule has 1 aromatic heterocycles. The fraction of sp³-hybridized carbons (Fsp3) is 0.333. The molecule has 0 saturated heterocycles. The average molecular weight is 307 g/mol. The van der Waals surface area contributed by atoms with Gasteiger partial charge in [0.1, 0.15) is 0 Å². The second kappa shape index (κ2) is 5.31. The molecule has 0 bridgehead atoms. The molecule has 1 aromatic carbocycles. The van der Waals surface area contributed by atoms with Crippen molar-refractivity contribution in [1.82, 2.24) is 4.72 Å². The summed E-state index contributed by atoms with van der Waals surface area (Å²) < 4.78 is 27.0. The Kier molecular flexibility index (Phi) is 3.67. The molecular weight excluding hydrogens is 290 g/mol. The predicted molar refractivity (Wildman–Crippen MR) is 82.3 cm³/mol. The van der Waals surface area contributed by atoms with Crippen molar-refractivity contribution < 1.29 is 8.42 Å². The highest BCUT2D eigenvalue weighted by Crippen LogP contribution is 2.49. The molecule has 1 heterocycles. The minimum absolute atomic E-state index is 0.0500. The molecule has 1 aliphatic carbocycles. The minimum Gasteiger partial charge on any atom is -0.214 e. The number of hydrogen-bond donors (Lipinski definition) is 1. The quantitative estimate of drug-likeness (QED) is 0.892. The number of thiophene rings is 1. The van der Waals surface area contributed by atoms with Gasteiger partial charge in [0.05, 0.1) is 5.75 Å². The summed E-state index contributed by atoms with van der Waals surface area (Å²) in [5, 5.41) is 2.05. The molecule has 2 aromatic rings. The number of benzene rings is 1. The fourth-order valence-corrected chi connectivity index (χ4v) is 4.55. The molecule has 1 saturated carbocycles. The lowest BCUT2D eigenvalue weighted by Gasteiger charge is -2.14. The first-order valence-corrected chi connectivity index (χ1v) is 9.18. The van der Waals surface area contributed by atoms with Gasteiger partial charge in [-0.15, -0.1) is 11.3 Å². The van der Waals surface area contributed by atoms with E-state index in [1.165, 1.54) is 4.88 Å². The van der Waals surface area contributed by atoms with Crippen molar-refractivity contribution in [2.45, 2.75) is 24.0 Å². The van der Waals surface area contributed by atoms with Crippen molar-refractivity contribution in [2.24, 2.45) is 0 Å². The van der Waals surface area contributed by atoms with Crippen molar-refractivity contribution in [3.63, 3.8) is 0 Å². The SMILES string of the molecule is O=S(=O)(Cc1ccccc1)NCC1(c2cccs2)CC1. The first-order valence-electron chi connectivity index (χ1n) is 6.65. The molecular formula is C15H17NO2S2. The third-order valence-electron chi connectivity index (χ3n) is 3.73. The largest absolute Gasteiger partial charge is 0.215 e. The third-order valence-corrected chi connectivity index (χ3v) is 6.14. The summed E-state index contributed by atoms with van der Waals surface area (Å²) in [6, 6.07) is 13.4. The van der Waals surface area contributed by atoms with Gasteiger partial charge in [0.15, 0.2) is 0 Å². The zero-order valence-electron chi connectivity index (χ0n) is 11.1. The Morgan fingerprint density at radius 2 is 1.85 bits per heavy atom. The Morgan fingerprint density at radius 1 is 1.10 bits per heavy atom. The molecule has 1 fully saturated rings. The molecule has 1 N–H and O–H groups in total. The van der Waals surface area contributed by atoms with E-state index >= 15 is 0 Å². The van der Waals surface area contributed by atoms with Gasteiger partial charge in [-0.1, -0.05) is 36.4 Å². The summed E-state index contributed by atoms with van der Waals surface area (Å²) in [4.78, 5) is 1.29. The maximum atomic E-state index is 12.1. The van der Waals surface area contributed by atoms with Gasteiger partial charge in [0.2, 0.25) is 10.0 Å². The van der Waals surface area contributed by atoms with Crippen LogP contribution in [0.15, 0.2) is 47.8 Å².